The summed E-state index contributed by atoms with van der Waals surface area (Å²) in [7, 11) is 0. The van der Waals surface area contributed by atoms with Gasteiger partial charge in [0.1, 0.15) is 24.6 Å². The second kappa shape index (κ2) is 9.77. The van der Waals surface area contributed by atoms with Crippen LogP contribution in [0.25, 0.3) is 0 Å². The van der Waals surface area contributed by atoms with E-state index in [1.807, 2.05) is 30.3 Å². The van der Waals surface area contributed by atoms with Gasteiger partial charge >= 0.3 is 0 Å². The third-order valence-corrected chi connectivity index (χ3v) is 5.83. The molecule has 2 aliphatic heterocycles. The first-order valence-corrected chi connectivity index (χ1v) is 11.3. The zero-order valence-corrected chi connectivity index (χ0v) is 18.1. The fourth-order valence-corrected chi connectivity index (χ4v) is 4.04. The maximum Gasteiger partial charge on any atom is 0.235 e. The summed E-state index contributed by atoms with van der Waals surface area (Å²) >= 11 is 0. The molecule has 0 radical (unpaired) electrons. The molecule has 5 rings (SSSR count). The van der Waals surface area contributed by atoms with E-state index in [9.17, 15) is 0 Å². The average molecular weight is 426 g/mol. The van der Waals surface area contributed by atoms with Crippen molar-refractivity contribution in [2.45, 2.75) is 37.8 Å². The lowest BCUT2D eigenvalue weighted by Crippen LogP contribution is -2.10. The highest BCUT2D eigenvalue weighted by Gasteiger charge is 2.24. The molecule has 0 N–H and O–H groups in total. The van der Waals surface area contributed by atoms with Gasteiger partial charge in [-0.15, -0.1) is 0 Å². The van der Waals surface area contributed by atoms with Crippen LogP contribution >= 0.6 is 0 Å². The fraction of sp³-hybridized carbons (Fsp3) is 0.296. The van der Waals surface area contributed by atoms with Crippen molar-refractivity contribution in [3.63, 3.8) is 0 Å². The molecule has 32 heavy (non-hydrogen) atoms. The summed E-state index contributed by atoms with van der Waals surface area (Å²) in [6.45, 7) is 1.21. The zero-order chi connectivity index (χ0) is 21.6. The number of hydrogen-bond donors (Lipinski definition) is 0. The fourth-order valence-electron chi connectivity index (χ4n) is 4.04. The van der Waals surface area contributed by atoms with Gasteiger partial charge < -0.3 is 9.47 Å². The molecule has 2 atom stereocenters. The molecule has 1 aromatic heterocycles. The van der Waals surface area contributed by atoms with E-state index in [-0.39, 0.29) is 12.1 Å². The van der Waals surface area contributed by atoms with Crippen molar-refractivity contribution in [2.75, 3.05) is 13.2 Å². The van der Waals surface area contributed by atoms with Crippen LogP contribution in [-0.2, 0) is 22.3 Å². The first-order valence-electron chi connectivity index (χ1n) is 11.3. The number of ether oxygens (including phenoxy) is 2. The van der Waals surface area contributed by atoms with Gasteiger partial charge in [-0.05, 0) is 48.9 Å². The maximum absolute atomic E-state index is 5.87. The lowest BCUT2D eigenvalue weighted by atomic mass is 10.1. The standard InChI is InChI=1S/C27H27N3O2/c1-3-8-20(9-4-1)14-16-22-18-31-26(28-22)24-12-7-13-25(30-24)27-29-23(19-32-27)17-15-21-10-5-2-6-11-21/h1-13,22-23H,14-19H2/t22-,23-/m0/s1. The number of benzene rings is 2. The molecule has 0 unspecified atom stereocenters. The Morgan fingerprint density at radius 2 is 1.06 bits per heavy atom. The van der Waals surface area contributed by atoms with Crippen LogP contribution in [0.15, 0.2) is 88.8 Å². The summed E-state index contributed by atoms with van der Waals surface area (Å²) in [4.78, 5) is 14.3. The van der Waals surface area contributed by atoms with E-state index < -0.39 is 0 Å². The van der Waals surface area contributed by atoms with Crippen molar-refractivity contribution < 1.29 is 9.47 Å². The van der Waals surface area contributed by atoms with Crippen molar-refractivity contribution in [3.05, 3.63) is 101 Å². The van der Waals surface area contributed by atoms with Crippen LogP contribution in [0.1, 0.15) is 35.4 Å². The van der Waals surface area contributed by atoms with Crippen molar-refractivity contribution in [1.29, 1.82) is 0 Å². The van der Waals surface area contributed by atoms with Gasteiger partial charge in [-0.1, -0.05) is 66.7 Å². The predicted octanol–water partition coefficient (Wildman–Crippen LogP) is 4.64. The van der Waals surface area contributed by atoms with E-state index in [0.717, 1.165) is 37.1 Å². The lowest BCUT2D eigenvalue weighted by molar-refractivity contribution is 0.310. The van der Waals surface area contributed by atoms with E-state index >= 15 is 0 Å². The Kier molecular flexibility index (Phi) is 6.24. The molecule has 162 valence electrons. The summed E-state index contributed by atoms with van der Waals surface area (Å²) in [5, 5.41) is 0. The molecule has 0 amide bonds. The predicted molar refractivity (Wildman–Crippen MR) is 126 cm³/mol. The number of aromatic nitrogens is 1. The second-order valence-corrected chi connectivity index (χ2v) is 8.25. The quantitative estimate of drug-likeness (QED) is 0.528. The normalized spacial score (nSPS) is 19.8. The molecule has 0 bridgehead atoms. The minimum absolute atomic E-state index is 0.165. The number of hydrogen-bond acceptors (Lipinski definition) is 5. The number of rotatable bonds is 8. The summed E-state index contributed by atoms with van der Waals surface area (Å²) in [6, 6.07) is 27.2. The molecule has 0 saturated carbocycles. The molecule has 0 aliphatic carbocycles. The molecule has 3 heterocycles. The largest absolute Gasteiger partial charge is 0.474 e. The third kappa shape index (κ3) is 5.05. The SMILES string of the molecule is c1ccc(CC[C@H]2COC(c3cccc(C4=N[C@@H](CCc5ccccc5)CO4)n3)=N2)cc1. The molecule has 0 fully saturated rings. The van der Waals surface area contributed by atoms with Gasteiger partial charge in [0, 0.05) is 0 Å². The molecule has 2 aliphatic rings. The smallest absolute Gasteiger partial charge is 0.235 e. The molecule has 0 saturated heterocycles. The summed E-state index contributed by atoms with van der Waals surface area (Å²) < 4.78 is 11.7. The Labute approximate surface area is 188 Å². The Balaban J connectivity index is 1.21. The molecular weight excluding hydrogens is 398 g/mol. The van der Waals surface area contributed by atoms with Gasteiger partial charge in [-0.2, -0.15) is 0 Å². The highest BCUT2D eigenvalue weighted by molar-refractivity contribution is 5.97. The second-order valence-electron chi connectivity index (χ2n) is 8.25. The van der Waals surface area contributed by atoms with E-state index in [0.29, 0.717) is 25.0 Å². The van der Waals surface area contributed by atoms with Crippen molar-refractivity contribution in [2.24, 2.45) is 9.98 Å². The van der Waals surface area contributed by atoms with E-state index in [4.69, 9.17) is 24.4 Å². The van der Waals surface area contributed by atoms with Gasteiger partial charge in [0.25, 0.3) is 0 Å². The maximum atomic E-state index is 5.87. The molecule has 3 aromatic rings. The van der Waals surface area contributed by atoms with Crippen LogP contribution in [0.3, 0.4) is 0 Å². The first kappa shape index (κ1) is 20.4. The molecule has 2 aromatic carbocycles. The highest BCUT2D eigenvalue weighted by atomic mass is 16.5. The topological polar surface area (TPSA) is 56.1 Å². The Morgan fingerprint density at radius 3 is 1.53 bits per heavy atom. The van der Waals surface area contributed by atoms with Gasteiger partial charge in [-0.3, -0.25) is 0 Å². The van der Waals surface area contributed by atoms with Crippen LogP contribution in [0.5, 0.6) is 0 Å². The van der Waals surface area contributed by atoms with Crippen LogP contribution in [-0.4, -0.2) is 42.1 Å². The van der Waals surface area contributed by atoms with Crippen LogP contribution < -0.4 is 0 Å². The van der Waals surface area contributed by atoms with Gasteiger partial charge in [-0.25, -0.2) is 15.0 Å². The highest BCUT2D eigenvalue weighted by Crippen LogP contribution is 2.19. The lowest BCUT2D eigenvalue weighted by Gasteiger charge is -2.04. The van der Waals surface area contributed by atoms with E-state index in [1.165, 1.54) is 11.1 Å². The third-order valence-electron chi connectivity index (χ3n) is 5.83. The number of pyridine rings is 1. The van der Waals surface area contributed by atoms with E-state index in [1.54, 1.807) is 0 Å². The van der Waals surface area contributed by atoms with Crippen LogP contribution in [0, 0.1) is 0 Å². The number of aliphatic imine (C=N–C) groups is 2. The minimum atomic E-state index is 0.165. The monoisotopic (exact) mass is 425 g/mol. The molecule has 5 nitrogen and oxygen atoms in total. The number of aryl methyl sites for hydroxylation is 2. The minimum Gasteiger partial charge on any atom is -0.474 e. The zero-order valence-electron chi connectivity index (χ0n) is 18.1. The Morgan fingerprint density at radius 1 is 0.594 bits per heavy atom. The van der Waals surface area contributed by atoms with E-state index in [2.05, 4.69) is 48.5 Å². The average Bonchev–Trinajstić information content (AvgIpc) is 3.53. The van der Waals surface area contributed by atoms with Crippen molar-refractivity contribution in [3.8, 4) is 0 Å². The van der Waals surface area contributed by atoms with Gasteiger partial charge in [0.05, 0.1) is 12.1 Å². The molecule has 5 heteroatoms. The first-order chi connectivity index (χ1) is 15.8. The summed E-state index contributed by atoms with van der Waals surface area (Å²) in [5.74, 6) is 1.23. The van der Waals surface area contributed by atoms with Crippen LogP contribution in [0.4, 0.5) is 0 Å². The Bertz CT molecular complexity index is 1010. The van der Waals surface area contributed by atoms with Crippen LogP contribution in [0.2, 0.25) is 0 Å². The van der Waals surface area contributed by atoms with Crippen molar-refractivity contribution in [1.82, 2.24) is 4.98 Å². The number of nitrogens with zero attached hydrogens (tertiary/aromatic N) is 3. The summed E-state index contributed by atoms with van der Waals surface area (Å²) in [5.41, 5.74) is 4.14. The summed E-state index contributed by atoms with van der Waals surface area (Å²) in [6.07, 6.45) is 3.92. The molecular formula is C27H27N3O2. The van der Waals surface area contributed by atoms with Crippen molar-refractivity contribution >= 4 is 11.8 Å². The van der Waals surface area contributed by atoms with Gasteiger partial charge in [0.2, 0.25) is 11.8 Å². The molecule has 0 spiro atoms. The van der Waals surface area contributed by atoms with Gasteiger partial charge in [0.15, 0.2) is 0 Å². The Hall–Kier alpha value is -3.47.